The smallest absolute Gasteiger partial charge is 0.258 e. The van der Waals surface area contributed by atoms with Gasteiger partial charge < -0.3 is 0 Å². The summed E-state index contributed by atoms with van der Waals surface area (Å²) in [6, 6.07) is 2.43. The van der Waals surface area contributed by atoms with Gasteiger partial charge in [-0.25, -0.2) is 13.1 Å². The van der Waals surface area contributed by atoms with E-state index in [-0.39, 0.29) is 10.9 Å². The van der Waals surface area contributed by atoms with Crippen LogP contribution in [0.5, 0.6) is 0 Å². The topological polar surface area (TPSA) is 89.3 Å². The molecule has 98 valence electrons. The molecule has 6 nitrogen and oxygen atoms in total. The molecule has 1 aliphatic carbocycles. The van der Waals surface area contributed by atoms with E-state index in [2.05, 4.69) is 4.72 Å². The molecule has 0 amide bonds. The Balaban J connectivity index is 2.27. The molecule has 2 rings (SSSR count). The first-order chi connectivity index (χ1) is 8.40. The maximum Gasteiger partial charge on any atom is 0.304 e. The van der Waals surface area contributed by atoms with Gasteiger partial charge in [0.2, 0.25) is 15.8 Å². The second-order valence-electron chi connectivity index (χ2n) is 4.12. The molecule has 0 radical (unpaired) electrons. The molecular formula is C10H11FN2O4S. The van der Waals surface area contributed by atoms with E-state index in [1.54, 1.807) is 0 Å². The Morgan fingerprint density at radius 1 is 1.39 bits per heavy atom. The molecule has 1 aromatic rings. The molecule has 0 saturated heterocycles. The van der Waals surface area contributed by atoms with E-state index in [4.69, 9.17) is 0 Å². The fourth-order valence-corrected chi connectivity index (χ4v) is 2.93. The number of rotatable bonds is 4. The largest absolute Gasteiger partial charge is 0.304 e. The standard InChI is InChI=1S/C10H11FN2O4S/c11-9-6-8(4-5-10(9)13(14)15)18(16,17)12-7-2-1-3-7/h4-7,12H,1-3H2. The van der Waals surface area contributed by atoms with Crippen LogP contribution in [0.15, 0.2) is 23.1 Å². The molecule has 18 heavy (non-hydrogen) atoms. The second-order valence-corrected chi connectivity index (χ2v) is 5.83. The van der Waals surface area contributed by atoms with Crippen molar-refractivity contribution in [3.8, 4) is 0 Å². The van der Waals surface area contributed by atoms with Crippen molar-refractivity contribution >= 4 is 15.7 Å². The normalized spacial score (nSPS) is 16.3. The maximum absolute atomic E-state index is 13.3. The number of nitro groups is 1. The summed E-state index contributed by atoms with van der Waals surface area (Å²) in [4.78, 5) is 9.22. The molecular weight excluding hydrogens is 263 g/mol. The Morgan fingerprint density at radius 2 is 2.06 bits per heavy atom. The molecule has 8 heteroatoms. The third-order valence-electron chi connectivity index (χ3n) is 2.85. The number of hydrogen-bond donors (Lipinski definition) is 1. The van der Waals surface area contributed by atoms with Crippen LogP contribution in [0.3, 0.4) is 0 Å². The zero-order chi connectivity index (χ0) is 13.3. The lowest BCUT2D eigenvalue weighted by atomic mass is 9.94. The van der Waals surface area contributed by atoms with Crippen LogP contribution in [0.2, 0.25) is 0 Å². The molecule has 0 spiro atoms. The van der Waals surface area contributed by atoms with Gasteiger partial charge in [-0.1, -0.05) is 6.42 Å². The van der Waals surface area contributed by atoms with Crippen molar-refractivity contribution in [2.75, 3.05) is 0 Å². The van der Waals surface area contributed by atoms with Crippen LogP contribution in [0, 0.1) is 15.9 Å². The predicted molar refractivity (Wildman–Crippen MR) is 61.0 cm³/mol. The Kier molecular flexibility index (Phi) is 3.31. The fourth-order valence-electron chi connectivity index (χ4n) is 1.62. The minimum absolute atomic E-state index is 0.117. The van der Waals surface area contributed by atoms with Crippen molar-refractivity contribution in [1.29, 1.82) is 0 Å². The van der Waals surface area contributed by atoms with Gasteiger partial charge in [0.25, 0.3) is 0 Å². The number of nitrogens with one attached hydrogen (secondary N) is 1. The van der Waals surface area contributed by atoms with Crippen LogP contribution >= 0.6 is 0 Å². The summed E-state index contributed by atoms with van der Waals surface area (Å²) in [6.45, 7) is 0. The van der Waals surface area contributed by atoms with E-state index in [9.17, 15) is 22.9 Å². The van der Waals surface area contributed by atoms with Crippen LogP contribution in [0.25, 0.3) is 0 Å². The Morgan fingerprint density at radius 3 is 2.50 bits per heavy atom. The highest BCUT2D eigenvalue weighted by molar-refractivity contribution is 7.89. The quantitative estimate of drug-likeness (QED) is 0.666. The van der Waals surface area contributed by atoms with Gasteiger partial charge in [0.05, 0.1) is 9.82 Å². The molecule has 1 aromatic carbocycles. The molecule has 0 aliphatic heterocycles. The molecule has 1 N–H and O–H groups in total. The minimum atomic E-state index is -3.80. The third-order valence-corrected chi connectivity index (χ3v) is 4.37. The zero-order valence-corrected chi connectivity index (χ0v) is 10.1. The molecule has 0 heterocycles. The van der Waals surface area contributed by atoms with Gasteiger partial charge in [0.15, 0.2) is 0 Å². The summed E-state index contributed by atoms with van der Waals surface area (Å²) in [6.07, 6.45) is 2.48. The van der Waals surface area contributed by atoms with Crippen molar-refractivity contribution in [2.24, 2.45) is 0 Å². The summed E-state index contributed by atoms with van der Waals surface area (Å²) in [5.74, 6) is -1.16. The predicted octanol–water partition coefficient (Wildman–Crippen LogP) is 1.56. The minimum Gasteiger partial charge on any atom is -0.258 e. The number of halogens is 1. The van der Waals surface area contributed by atoms with Crippen LogP contribution < -0.4 is 4.72 Å². The molecule has 0 unspecified atom stereocenters. The van der Waals surface area contributed by atoms with Crippen LogP contribution in [0.1, 0.15) is 19.3 Å². The highest BCUT2D eigenvalue weighted by atomic mass is 32.2. The third kappa shape index (κ3) is 2.49. The first kappa shape index (κ1) is 12.9. The molecule has 1 aliphatic rings. The van der Waals surface area contributed by atoms with Gasteiger partial charge in [-0.05, 0) is 18.9 Å². The van der Waals surface area contributed by atoms with E-state index in [1.807, 2.05) is 0 Å². The lowest BCUT2D eigenvalue weighted by Crippen LogP contribution is -2.39. The summed E-state index contributed by atoms with van der Waals surface area (Å²) in [5, 5.41) is 10.4. The van der Waals surface area contributed by atoms with E-state index in [0.29, 0.717) is 6.07 Å². The van der Waals surface area contributed by atoms with Crippen LogP contribution in [0.4, 0.5) is 10.1 Å². The SMILES string of the molecule is O=[N+]([O-])c1ccc(S(=O)(=O)NC2CCC2)cc1F. The van der Waals surface area contributed by atoms with E-state index >= 15 is 0 Å². The Labute approximate surface area is 103 Å². The Bertz CT molecular complexity index is 584. The summed E-state index contributed by atoms with van der Waals surface area (Å²) < 4.78 is 39.4. The average molecular weight is 274 g/mol. The Hall–Kier alpha value is -1.54. The molecule has 1 saturated carbocycles. The first-order valence-electron chi connectivity index (χ1n) is 5.36. The molecule has 0 aromatic heterocycles. The van der Waals surface area contributed by atoms with Crippen molar-refractivity contribution < 1.29 is 17.7 Å². The van der Waals surface area contributed by atoms with E-state index in [1.165, 1.54) is 0 Å². The highest BCUT2D eigenvalue weighted by Crippen LogP contribution is 2.24. The van der Waals surface area contributed by atoms with Crippen molar-refractivity contribution in [3.63, 3.8) is 0 Å². The molecule has 0 bridgehead atoms. The van der Waals surface area contributed by atoms with Crippen molar-refractivity contribution in [3.05, 3.63) is 34.1 Å². The van der Waals surface area contributed by atoms with E-state index < -0.39 is 26.5 Å². The second kappa shape index (κ2) is 4.62. The number of nitrogens with zero attached hydrogens (tertiary/aromatic N) is 1. The van der Waals surface area contributed by atoms with Gasteiger partial charge >= 0.3 is 5.69 Å². The number of benzene rings is 1. The van der Waals surface area contributed by atoms with Crippen LogP contribution in [-0.2, 0) is 10.0 Å². The zero-order valence-electron chi connectivity index (χ0n) is 9.30. The summed E-state index contributed by atoms with van der Waals surface area (Å²) >= 11 is 0. The average Bonchev–Trinajstić information content (AvgIpc) is 2.23. The van der Waals surface area contributed by atoms with Crippen molar-refractivity contribution in [2.45, 2.75) is 30.2 Å². The molecule has 1 fully saturated rings. The number of sulfonamides is 1. The summed E-state index contributed by atoms with van der Waals surface area (Å²) in [7, 11) is -3.80. The van der Waals surface area contributed by atoms with E-state index in [0.717, 1.165) is 31.4 Å². The highest BCUT2D eigenvalue weighted by Gasteiger charge is 2.26. The van der Waals surface area contributed by atoms with Gasteiger partial charge in [-0.15, -0.1) is 0 Å². The molecule has 0 atom stereocenters. The van der Waals surface area contributed by atoms with Crippen molar-refractivity contribution in [1.82, 2.24) is 4.72 Å². The first-order valence-corrected chi connectivity index (χ1v) is 6.85. The lowest BCUT2D eigenvalue weighted by molar-refractivity contribution is -0.387. The number of nitro benzene ring substituents is 1. The van der Waals surface area contributed by atoms with Gasteiger partial charge in [0.1, 0.15) is 0 Å². The monoisotopic (exact) mass is 274 g/mol. The fraction of sp³-hybridized carbons (Fsp3) is 0.400. The van der Waals surface area contributed by atoms with Gasteiger partial charge in [-0.2, -0.15) is 4.39 Å². The number of hydrogen-bond acceptors (Lipinski definition) is 4. The van der Waals surface area contributed by atoms with Gasteiger partial charge in [0, 0.05) is 18.2 Å². The maximum atomic E-state index is 13.3. The lowest BCUT2D eigenvalue weighted by Gasteiger charge is -2.26. The van der Waals surface area contributed by atoms with Crippen LogP contribution in [-0.4, -0.2) is 19.4 Å². The summed E-state index contributed by atoms with van der Waals surface area (Å²) in [5.41, 5.74) is -0.738. The van der Waals surface area contributed by atoms with Gasteiger partial charge in [-0.3, -0.25) is 10.1 Å².